The van der Waals surface area contributed by atoms with E-state index in [-0.39, 0.29) is 24.4 Å². The zero-order valence-electron chi connectivity index (χ0n) is 12.4. The largest absolute Gasteiger partial charge is 0.392 e. The summed E-state index contributed by atoms with van der Waals surface area (Å²) in [5, 5.41) is 9.99. The Morgan fingerprint density at radius 1 is 1.18 bits per heavy atom. The molecule has 1 aromatic carbocycles. The van der Waals surface area contributed by atoms with Crippen molar-refractivity contribution in [1.29, 1.82) is 0 Å². The molecule has 3 rings (SSSR count). The van der Waals surface area contributed by atoms with Crippen molar-refractivity contribution >= 4 is 34.2 Å². The highest BCUT2D eigenvalue weighted by Crippen LogP contribution is 2.32. The van der Waals surface area contributed by atoms with Gasteiger partial charge in [-0.1, -0.05) is 15.9 Å². The van der Waals surface area contributed by atoms with Gasteiger partial charge in [-0.25, -0.2) is 0 Å². The Morgan fingerprint density at radius 2 is 1.77 bits per heavy atom. The topological polar surface area (TPSA) is 43.8 Å². The van der Waals surface area contributed by atoms with Crippen molar-refractivity contribution in [2.75, 3.05) is 32.7 Å². The molecule has 2 aliphatic rings. The third-order valence-corrected chi connectivity index (χ3v) is 4.89. The van der Waals surface area contributed by atoms with E-state index >= 15 is 0 Å². The van der Waals surface area contributed by atoms with Crippen molar-refractivity contribution in [3.05, 3.63) is 34.3 Å². The van der Waals surface area contributed by atoms with Crippen LogP contribution in [0.4, 0.5) is 0 Å². The molecule has 0 spiro atoms. The molecule has 0 radical (unpaired) electrons. The van der Waals surface area contributed by atoms with Crippen LogP contribution in [0.2, 0.25) is 0 Å². The molecule has 1 unspecified atom stereocenters. The summed E-state index contributed by atoms with van der Waals surface area (Å²) < 4.78 is 0.984. The average molecular weight is 390 g/mol. The van der Waals surface area contributed by atoms with Gasteiger partial charge in [0.05, 0.1) is 6.10 Å². The quantitative estimate of drug-likeness (QED) is 0.860. The zero-order chi connectivity index (χ0) is 14.8. The van der Waals surface area contributed by atoms with Crippen molar-refractivity contribution in [3.63, 3.8) is 0 Å². The fourth-order valence-corrected chi connectivity index (χ4v) is 3.07. The van der Waals surface area contributed by atoms with Crippen molar-refractivity contribution in [1.82, 2.24) is 9.80 Å². The first-order valence-corrected chi connectivity index (χ1v) is 8.38. The summed E-state index contributed by atoms with van der Waals surface area (Å²) in [5.41, 5.74) is 0.740. The Bertz CT molecular complexity index is 499. The Kier molecular flexibility index (Phi) is 6.26. The molecule has 0 aromatic heterocycles. The first kappa shape index (κ1) is 17.7. The molecule has 122 valence electrons. The summed E-state index contributed by atoms with van der Waals surface area (Å²) in [6, 6.07) is 7.51. The number of nitrogens with zero attached hydrogens (tertiary/aromatic N) is 2. The van der Waals surface area contributed by atoms with Crippen LogP contribution in [0.3, 0.4) is 0 Å². The van der Waals surface area contributed by atoms with E-state index in [1.807, 2.05) is 29.2 Å². The minimum absolute atomic E-state index is 0. The van der Waals surface area contributed by atoms with Gasteiger partial charge in [-0.05, 0) is 43.0 Å². The highest BCUT2D eigenvalue weighted by atomic mass is 79.9. The molecule has 1 aliphatic heterocycles. The lowest BCUT2D eigenvalue weighted by atomic mass is 10.1. The third kappa shape index (κ3) is 4.44. The number of carbonyl (C=O) groups is 1. The molecule has 1 N–H and O–H groups in total. The predicted octanol–water partition coefficient (Wildman–Crippen LogP) is 2.40. The second-order valence-electron chi connectivity index (χ2n) is 6.00. The molecule has 4 nitrogen and oxygen atoms in total. The van der Waals surface area contributed by atoms with Crippen LogP contribution in [0, 0.1) is 5.92 Å². The molecule has 1 aromatic rings. The Hall–Kier alpha value is -0.620. The second-order valence-corrected chi connectivity index (χ2v) is 6.92. The smallest absolute Gasteiger partial charge is 0.253 e. The van der Waals surface area contributed by atoms with E-state index in [0.717, 1.165) is 42.8 Å². The Balaban J connectivity index is 0.00000176. The number of halogens is 2. The summed E-state index contributed by atoms with van der Waals surface area (Å²) in [6.45, 7) is 3.95. The van der Waals surface area contributed by atoms with Crippen molar-refractivity contribution in [3.8, 4) is 0 Å². The maximum Gasteiger partial charge on any atom is 0.253 e. The molecule has 1 atom stereocenters. The van der Waals surface area contributed by atoms with Gasteiger partial charge in [0.15, 0.2) is 0 Å². The molecule has 2 fully saturated rings. The highest BCUT2D eigenvalue weighted by Gasteiger charge is 2.32. The number of piperazine rings is 1. The average Bonchev–Trinajstić information content (AvgIpc) is 3.33. The summed E-state index contributed by atoms with van der Waals surface area (Å²) in [4.78, 5) is 16.6. The molecular weight excluding hydrogens is 368 g/mol. The first-order valence-electron chi connectivity index (χ1n) is 7.59. The van der Waals surface area contributed by atoms with E-state index in [0.29, 0.717) is 5.92 Å². The van der Waals surface area contributed by atoms with E-state index in [2.05, 4.69) is 20.8 Å². The van der Waals surface area contributed by atoms with Gasteiger partial charge < -0.3 is 10.0 Å². The third-order valence-electron chi connectivity index (χ3n) is 4.36. The minimum Gasteiger partial charge on any atom is -0.392 e. The summed E-state index contributed by atoms with van der Waals surface area (Å²) in [6.07, 6.45) is 2.16. The van der Waals surface area contributed by atoms with Gasteiger partial charge in [-0.15, -0.1) is 12.4 Å². The lowest BCUT2D eigenvalue weighted by Gasteiger charge is -2.35. The van der Waals surface area contributed by atoms with Gasteiger partial charge in [-0.2, -0.15) is 0 Å². The Morgan fingerprint density at radius 3 is 2.32 bits per heavy atom. The maximum absolute atomic E-state index is 12.4. The highest BCUT2D eigenvalue weighted by molar-refractivity contribution is 9.10. The summed E-state index contributed by atoms with van der Waals surface area (Å²) in [7, 11) is 0. The van der Waals surface area contributed by atoms with Gasteiger partial charge >= 0.3 is 0 Å². The molecular formula is C16H22BrClN2O2. The van der Waals surface area contributed by atoms with Crippen LogP contribution in [0.25, 0.3) is 0 Å². The van der Waals surface area contributed by atoms with Crippen LogP contribution >= 0.6 is 28.3 Å². The molecule has 1 amide bonds. The molecule has 1 saturated carbocycles. The number of rotatable bonds is 4. The summed E-state index contributed by atoms with van der Waals surface area (Å²) in [5.74, 6) is 0.623. The molecule has 1 aliphatic carbocycles. The normalized spacial score (nSPS) is 20.4. The number of amides is 1. The molecule has 6 heteroatoms. The number of β-amino-alcohol motifs (C(OH)–C–C–N with tert-alkyl or cyclic N) is 1. The van der Waals surface area contributed by atoms with Crippen molar-refractivity contribution < 1.29 is 9.90 Å². The lowest BCUT2D eigenvalue weighted by molar-refractivity contribution is 0.0488. The number of hydrogen-bond donors (Lipinski definition) is 1. The second kappa shape index (κ2) is 7.77. The monoisotopic (exact) mass is 388 g/mol. The number of carbonyl (C=O) groups excluding carboxylic acids is 1. The standard InChI is InChI=1S/C16H21BrN2O2.ClH/c17-14-5-3-13(4-6-14)16(21)19-9-7-18(8-10-19)11-15(20)12-1-2-12;/h3-6,12,15,20H,1-2,7-11H2;1H. The van der Waals surface area contributed by atoms with E-state index in [9.17, 15) is 9.90 Å². The van der Waals surface area contributed by atoms with Crippen LogP contribution in [-0.4, -0.2) is 59.6 Å². The van der Waals surface area contributed by atoms with Crippen LogP contribution in [-0.2, 0) is 0 Å². The molecule has 22 heavy (non-hydrogen) atoms. The van der Waals surface area contributed by atoms with E-state index in [1.165, 1.54) is 12.8 Å². The van der Waals surface area contributed by atoms with Crippen LogP contribution < -0.4 is 0 Å². The fraction of sp³-hybridized carbons (Fsp3) is 0.562. The van der Waals surface area contributed by atoms with Gasteiger partial charge in [0, 0.05) is 42.8 Å². The van der Waals surface area contributed by atoms with E-state index < -0.39 is 0 Å². The SMILES string of the molecule is Cl.O=C(c1ccc(Br)cc1)N1CCN(CC(O)C2CC2)CC1. The van der Waals surface area contributed by atoms with Gasteiger partial charge in [0.25, 0.3) is 5.91 Å². The number of hydrogen-bond acceptors (Lipinski definition) is 3. The van der Waals surface area contributed by atoms with Crippen molar-refractivity contribution in [2.45, 2.75) is 18.9 Å². The number of aliphatic hydroxyl groups excluding tert-OH is 1. The molecule has 0 bridgehead atoms. The van der Waals surface area contributed by atoms with E-state index in [4.69, 9.17) is 0 Å². The molecule has 1 saturated heterocycles. The Labute approximate surface area is 146 Å². The lowest BCUT2D eigenvalue weighted by Crippen LogP contribution is -2.50. The van der Waals surface area contributed by atoms with Crippen LogP contribution in [0.15, 0.2) is 28.7 Å². The summed E-state index contributed by atoms with van der Waals surface area (Å²) >= 11 is 3.38. The number of benzene rings is 1. The zero-order valence-corrected chi connectivity index (χ0v) is 14.9. The van der Waals surface area contributed by atoms with Gasteiger partial charge in [0.2, 0.25) is 0 Å². The van der Waals surface area contributed by atoms with Gasteiger partial charge in [-0.3, -0.25) is 9.69 Å². The van der Waals surface area contributed by atoms with Crippen LogP contribution in [0.5, 0.6) is 0 Å². The van der Waals surface area contributed by atoms with Gasteiger partial charge in [0.1, 0.15) is 0 Å². The first-order chi connectivity index (χ1) is 10.1. The van der Waals surface area contributed by atoms with E-state index in [1.54, 1.807) is 0 Å². The molecule has 1 heterocycles. The number of aliphatic hydroxyl groups is 1. The maximum atomic E-state index is 12.4. The van der Waals surface area contributed by atoms with Crippen molar-refractivity contribution in [2.24, 2.45) is 5.92 Å². The predicted molar refractivity (Wildman–Crippen MR) is 92.5 cm³/mol. The van der Waals surface area contributed by atoms with Crippen LogP contribution in [0.1, 0.15) is 23.2 Å². The minimum atomic E-state index is -0.182. The fourth-order valence-electron chi connectivity index (χ4n) is 2.80.